The molecule has 1 fully saturated rings. The van der Waals surface area contributed by atoms with Gasteiger partial charge in [-0.05, 0) is 6.92 Å². The smallest absolute Gasteiger partial charge is 0.166 e. The molecule has 1 N–H and O–H groups in total. The molecule has 1 aliphatic rings. The summed E-state index contributed by atoms with van der Waals surface area (Å²) < 4.78 is 10.9. The minimum absolute atomic E-state index is 0.0549. The Hall–Kier alpha value is -0.120. The maximum atomic E-state index is 8.76. The van der Waals surface area contributed by atoms with Crippen LogP contribution in [0.5, 0.6) is 0 Å². The Labute approximate surface area is 67.3 Å². The van der Waals surface area contributed by atoms with E-state index in [1.54, 1.807) is 0 Å². The molecule has 3 heteroatoms. The topological polar surface area (TPSA) is 38.7 Å². The lowest BCUT2D eigenvalue weighted by atomic mass is 10.2. The van der Waals surface area contributed by atoms with Crippen LogP contribution in [-0.4, -0.2) is 30.2 Å². The maximum absolute atomic E-state index is 8.76. The van der Waals surface area contributed by atoms with Crippen molar-refractivity contribution in [3.05, 3.63) is 0 Å². The van der Waals surface area contributed by atoms with Crippen LogP contribution in [0.3, 0.4) is 0 Å². The first-order chi connectivity index (χ1) is 5.20. The van der Waals surface area contributed by atoms with E-state index in [-0.39, 0.29) is 12.7 Å². The van der Waals surface area contributed by atoms with E-state index in [1.807, 2.05) is 6.92 Å². The van der Waals surface area contributed by atoms with Crippen molar-refractivity contribution in [1.82, 2.24) is 0 Å². The highest BCUT2D eigenvalue weighted by atomic mass is 16.7. The zero-order chi connectivity index (χ0) is 8.32. The summed E-state index contributed by atoms with van der Waals surface area (Å²) in [6.07, 6.45) is 1.81. The lowest BCUT2D eigenvalue weighted by Gasteiger charge is -2.21. The molecule has 0 aromatic rings. The molecule has 66 valence electrons. The molecule has 0 spiro atoms. The summed E-state index contributed by atoms with van der Waals surface area (Å²) >= 11 is 0. The quantitative estimate of drug-likeness (QED) is 0.667. The summed E-state index contributed by atoms with van der Waals surface area (Å²) in [6.45, 7) is 4.59. The van der Waals surface area contributed by atoms with E-state index >= 15 is 0 Å². The molecule has 0 bridgehead atoms. The lowest BCUT2D eigenvalue weighted by Crippen LogP contribution is -2.27. The minimum atomic E-state index is -0.442. The second-order valence-corrected chi connectivity index (χ2v) is 3.12. The molecule has 0 aliphatic carbocycles. The average Bonchev–Trinajstić information content (AvgIpc) is 2.33. The predicted molar refractivity (Wildman–Crippen MR) is 41.2 cm³/mol. The monoisotopic (exact) mass is 160 g/mol. The number of rotatable bonds is 3. The van der Waals surface area contributed by atoms with Crippen molar-refractivity contribution in [3.63, 3.8) is 0 Å². The molecule has 2 unspecified atom stereocenters. The van der Waals surface area contributed by atoms with E-state index in [0.29, 0.717) is 6.61 Å². The Morgan fingerprint density at radius 2 is 2.36 bits per heavy atom. The van der Waals surface area contributed by atoms with E-state index in [2.05, 4.69) is 6.92 Å². The zero-order valence-electron chi connectivity index (χ0n) is 7.17. The van der Waals surface area contributed by atoms with Crippen LogP contribution in [0.4, 0.5) is 0 Å². The molecule has 1 rings (SSSR count). The molecule has 0 amide bonds. The Morgan fingerprint density at radius 1 is 1.64 bits per heavy atom. The van der Waals surface area contributed by atoms with Gasteiger partial charge in [0.1, 0.15) is 6.10 Å². The molecular formula is C8H16O3. The van der Waals surface area contributed by atoms with Gasteiger partial charge in [0, 0.05) is 6.42 Å². The van der Waals surface area contributed by atoms with Crippen molar-refractivity contribution in [3.8, 4) is 0 Å². The second kappa shape index (κ2) is 3.52. The van der Waals surface area contributed by atoms with Gasteiger partial charge in [-0.3, -0.25) is 0 Å². The Bertz CT molecular complexity index is 127. The van der Waals surface area contributed by atoms with Crippen LogP contribution in [0.1, 0.15) is 26.7 Å². The third-order valence-electron chi connectivity index (χ3n) is 1.90. The summed E-state index contributed by atoms with van der Waals surface area (Å²) in [7, 11) is 0. The molecule has 1 heterocycles. The van der Waals surface area contributed by atoms with Crippen molar-refractivity contribution >= 4 is 0 Å². The van der Waals surface area contributed by atoms with Gasteiger partial charge in [-0.1, -0.05) is 13.3 Å². The third-order valence-corrected chi connectivity index (χ3v) is 1.90. The van der Waals surface area contributed by atoms with Crippen LogP contribution in [0.25, 0.3) is 0 Å². The Balaban J connectivity index is 2.37. The van der Waals surface area contributed by atoms with Crippen LogP contribution in [0.15, 0.2) is 0 Å². The second-order valence-electron chi connectivity index (χ2n) is 3.12. The van der Waals surface area contributed by atoms with E-state index in [1.165, 1.54) is 0 Å². The fourth-order valence-corrected chi connectivity index (χ4v) is 1.37. The molecule has 2 atom stereocenters. The predicted octanol–water partition coefficient (Wildman–Crippen LogP) is 0.910. The van der Waals surface area contributed by atoms with Crippen LogP contribution < -0.4 is 0 Å². The Morgan fingerprint density at radius 3 is 2.82 bits per heavy atom. The number of ether oxygens (including phenoxy) is 2. The normalized spacial score (nSPS) is 37.9. The summed E-state index contributed by atoms with van der Waals surface area (Å²) in [6, 6.07) is 0. The van der Waals surface area contributed by atoms with Crippen molar-refractivity contribution in [2.75, 3.05) is 13.2 Å². The van der Waals surface area contributed by atoms with E-state index < -0.39 is 5.79 Å². The van der Waals surface area contributed by atoms with Crippen molar-refractivity contribution in [1.29, 1.82) is 0 Å². The highest BCUT2D eigenvalue weighted by Gasteiger charge is 2.35. The summed E-state index contributed by atoms with van der Waals surface area (Å²) in [5.74, 6) is -0.442. The maximum Gasteiger partial charge on any atom is 0.166 e. The molecule has 1 saturated heterocycles. The van der Waals surface area contributed by atoms with Gasteiger partial charge in [0.2, 0.25) is 0 Å². The standard InChI is InChI=1S/C8H16O3/c1-3-4-8(2)10-6-7(5-9)11-8/h7,9H,3-6H2,1-2H3. The highest BCUT2D eigenvalue weighted by Crippen LogP contribution is 2.27. The SMILES string of the molecule is CCCC1(C)OCC(CO)O1. The number of hydrogen-bond donors (Lipinski definition) is 1. The van der Waals surface area contributed by atoms with Gasteiger partial charge in [-0.25, -0.2) is 0 Å². The average molecular weight is 160 g/mol. The first-order valence-electron chi connectivity index (χ1n) is 4.13. The molecular weight excluding hydrogens is 144 g/mol. The largest absolute Gasteiger partial charge is 0.394 e. The van der Waals surface area contributed by atoms with Crippen molar-refractivity contribution < 1.29 is 14.6 Å². The molecule has 1 aliphatic heterocycles. The fraction of sp³-hybridized carbons (Fsp3) is 1.00. The zero-order valence-corrected chi connectivity index (χ0v) is 7.17. The molecule has 0 radical (unpaired) electrons. The van der Waals surface area contributed by atoms with Crippen LogP contribution in [0, 0.1) is 0 Å². The first kappa shape index (κ1) is 8.97. The minimum Gasteiger partial charge on any atom is -0.394 e. The summed E-state index contributed by atoms with van der Waals surface area (Å²) in [5, 5.41) is 8.76. The third kappa shape index (κ3) is 2.15. The highest BCUT2D eigenvalue weighted by molar-refractivity contribution is 4.73. The molecule has 11 heavy (non-hydrogen) atoms. The molecule has 0 aromatic carbocycles. The van der Waals surface area contributed by atoms with Gasteiger partial charge in [-0.2, -0.15) is 0 Å². The summed E-state index contributed by atoms with van der Waals surface area (Å²) in [4.78, 5) is 0. The van der Waals surface area contributed by atoms with Crippen LogP contribution in [-0.2, 0) is 9.47 Å². The van der Waals surface area contributed by atoms with Crippen molar-refractivity contribution in [2.24, 2.45) is 0 Å². The van der Waals surface area contributed by atoms with Crippen LogP contribution in [0.2, 0.25) is 0 Å². The van der Waals surface area contributed by atoms with Gasteiger partial charge in [0.25, 0.3) is 0 Å². The molecule has 3 nitrogen and oxygen atoms in total. The van der Waals surface area contributed by atoms with Gasteiger partial charge >= 0.3 is 0 Å². The van der Waals surface area contributed by atoms with Gasteiger partial charge < -0.3 is 14.6 Å². The Kier molecular flexibility index (Phi) is 2.87. The number of aliphatic hydroxyl groups is 1. The van der Waals surface area contributed by atoms with Crippen LogP contribution >= 0.6 is 0 Å². The van der Waals surface area contributed by atoms with E-state index in [0.717, 1.165) is 12.8 Å². The first-order valence-corrected chi connectivity index (χ1v) is 4.13. The van der Waals surface area contributed by atoms with E-state index in [9.17, 15) is 0 Å². The number of hydrogen-bond acceptors (Lipinski definition) is 3. The van der Waals surface area contributed by atoms with Gasteiger partial charge in [0.05, 0.1) is 13.2 Å². The van der Waals surface area contributed by atoms with Gasteiger partial charge in [-0.15, -0.1) is 0 Å². The van der Waals surface area contributed by atoms with Crippen molar-refractivity contribution in [2.45, 2.75) is 38.6 Å². The lowest BCUT2D eigenvalue weighted by molar-refractivity contribution is -0.161. The molecule has 0 saturated carbocycles. The van der Waals surface area contributed by atoms with Gasteiger partial charge in [0.15, 0.2) is 5.79 Å². The summed E-state index contributed by atoms with van der Waals surface area (Å²) in [5.41, 5.74) is 0. The van der Waals surface area contributed by atoms with E-state index in [4.69, 9.17) is 14.6 Å². The molecule has 0 aromatic heterocycles. The number of aliphatic hydroxyl groups excluding tert-OH is 1. The fourth-order valence-electron chi connectivity index (χ4n) is 1.37.